The summed E-state index contributed by atoms with van der Waals surface area (Å²) >= 11 is 3.72. The van der Waals surface area contributed by atoms with E-state index in [2.05, 4.69) is 17.4 Å². The molecule has 0 aromatic heterocycles. The Hall–Kier alpha value is -4.28. The van der Waals surface area contributed by atoms with Gasteiger partial charge in [-0.2, -0.15) is 9.57 Å². The van der Waals surface area contributed by atoms with E-state index in [1.54, 1.807) is 31.2 Å². The molecule has 0 saturated carbocycles. The molecule has 1 saturated heterocycles. The molecule has 4 aromatic carbocycles. The first-order valence-electron chi connectivity index (χ1n) is 15.5. The molecule has 9 nitrogen and oxygen atoms in total. The molecule has 12 heteroatoms. The van der Waals surface area contributed by atoms with E-state index in [9.17, 15) is 28.4 Å². The SMILES string of the molecule is CCOc1ccc(S(=O)(=O)N2CCc3ccc(C(NC(=O)c4cccc5c4-c4ccccc4C54SCCS4)C(=O)O)cc3C2)cc1C#N. The van der Waals surface area contributed by atoms with Crippen LogP contribution in [0.3, 0.4) is 0 Å². The summed E-state index contributed by atoms with van der Waals surface area (Å²) < 4.78 is 33.8. The van der Waals surface area contributed by atoms with Crippen molar-refractivity contribution in [1.29, 1.82) is 5.26 Å². The fourth-order valence-electron chi connectivity index (χ4n) is 6.78. The highest BCUT2D eigenvalue weighted by atomic mass is 32.2. The van der Waals surface area contributed by atoms with Crippen molar-refractivity contribution in [1.82, 2.24) is 9.62 Å². The van der Waals surface area contributed by atoms with Gasteiger partial charge in [0.05, 0.1) is 17.1 Å². The Balaban J connectivity index is 1.17. The average molecular weight is 698 g/mol. The predicted molar refractivity (Wildman–Crippen MR) is 185 cm³/mol. The number of nitriles is 1. The van der Waals surface area contributed by atoms with Crippen molar-refractivity contribution in [2.24, 2.45) is 0 Å². The van der Waals surface area contributed by atoms with Crippen molar-refractivity contribution in [2.75, 3.05) is 24.7 Å². The molecule has 1 spiro atoms. The van der Waals surface area contributed by atoms with Crippen LogP contribution in [0, 0.1) is 11.3 Å². The van der Waals surface area contributed by atoms with Crippen LogP contribution in [0.2, 0.25) is 0 Å². The largest absolute Gasteiger partial charge is 0.492 e. The molecule has 1 atom stereocenters. The number of nitrogens with one attached hydrogen (secondary N) is 1. The molecule has 244 valence electrons. The Labute approximate surface area is 287 Å². The van der Waals surface area contributed by atoms with E-state index < -0.39 is 27.9 Å². The van der Waals surface area contributed by atoms with E-state index >= 15 is 0 Å². The molecule has 1 aliphatic carbocycles. The molecule has 1 fully saturated rings. The zero-order chi connectivity index (χ0) is 33.6. The number of carboxylic acid groups (broad SMARTS) is 1. The Bertz CT molecular complexity index is 2120. The Kier molecular flexibility index (Phi) is 8.49. The number of carbonyl (C=O) groups excluding carboxylic acids is 1. The van der Waals surface area contributed by atoms with Crippen molar-refractivity contribution < 1.29 is 27.9 Å². The van der Waals surface area contributed by atoms with Crippen LogP contribution >= 0.6 is 23.5 Å². The molecule has 1 amide bonds. The topological polar surface area (TPSA) is 137 Å². The van der Waals surface area contributed by atoms with Gasteiger partial charge in [-0.3, -0.25) is 4.79 Å². The van der Waals surface area contributed by atoms with E-state index in [4.69, 9.17) is 4.74 Å². The number of carboxylic acids is 1. The smallest absolute Gasteiger partial charge is 0.330 e. The summed E-state index contributed by atoms with van der Waals surface area (Å²) in [6, 6.07) is 23.7. The molecule has 4 aromatic rings. The zero-order valence-corrected chi connectivity index (χ0v) is 28.4. The molecule has 3 aliphatic rings. The number of hydrogen-bond acceptors (Lipinski definition) is 8. The first kappa shape index (κ1) is 32.3. The van der Waals surface area contributed by atoms with Crippen LogP contribution in [0.5, 0.6) is 5.75 Å². The molecule has 0 bridgehead atoms. The molecular weight excluding hydrogens is 667 g/mol. The number of thioether (sulfide) groups is 2. The second-order valence-electron chi connectivity index (χ2n) is 11.7. The van der Waals surface area contributed by atoms with Crippen LogP contribution in [-0.2, 0) is 31.9 Å². The zero-order valence-electron chi connectivity index (χ0n) is 25.9. The van der Waals surface area contributed by atoms with Crippen molar-refractivity contribution in [2.45, 2.75) is 34.9 Å². The van der Waals surface area contributed by atoms with E-state index in [0.717, 1.165) is 39.3 Å². The van der Waals surface area contributed by atoms with Gasteiger partial charge in [-0.1, -0.05) is 54.6 Å². The molecule has 1 unspecified atom stereocenters. The van der Waals surface area contributed by atoms with Crippen LogP contribution < -0.4 is 10.1 Å². The monoisotopic (exact) mass is 697 g/mol. The normalized spacial score (nSPS) is 16.8. The number of fused-ring (bicyclic) bond motifs is 6. The molecule has 0 radical (unpaired) electrons. The van der Waals surface area contributed by atoms with Gasteiger partial charge in [-0.05, 0) is 71.0 Å². The van der Waals surface area contributed by atoms with Crippen LogP contribution in [0.1, 0.15) is 56.7 Å². The van der Waals surface area contributed by atoms with Crippen molar-refractivity contribution in [3.05, 3.63) is 118 Å². The second-order valence-corrected chi connectivity index (χ2v) is 16.5. The summed E-state index contributed by atoms with van der Waals surface area (Å²) in [6.45, 7) is 2.36. The van der Waals surface area contributed by atoms with Crippen LogP contribution in [0.4, 0.5) is 0 Å². The summed E-state index contributed by atoms with van der Waals surface area (Å²) in [5.74, 6) is 0.579. The number of ether oxygens (including phenoxy) is 1. The maximum Gasteiger partial charge on any atom is 0.330 e. The van der Waals surface area contributed by atoms with Gasteiger partial charge in [0.15, 0.2) is 6.04 Å². The number of nitrogens with zero attached hydrogens (tertiary/aromatic N) is 2. The lowest BCUT2D eigenvalue weighted by Crippen LogP contribution is -2.37. The van der Waals surface area contributed by atoms with Gasteiger partial charge in [0.25, 0.3) is 5.91 Å². The number of hydrogen-bond donors (Lipinski definition) is 2. The fourth-order valence-corrected chi connectivity index (χ4v) is 11.6. The number of benzene rings is 4. The molecular formula is C36H31N3O6S3. The van der Waals surface area contributed by atoms with E-state index in [0.29, 0.717) is 35.5 Å². The van der Waals surface area contributed by atoms with E-state index in [-0.39, 0.29) is 27.6 Å². The average Bonchev–Trinajstić information content (AvgIpc) is 3.71. The summed E-state index contributed by atoms with van der Waals surface area (Å²) in [7, 11) is -3.98. The Morgan fingerprint density at radius 1 is 1.02 bits per heavy atom. The highest BCUT2D eigenvalue weighted by Crippen LogP contribution is 2.64. The number of amides is 1. The standard InChI is InChI=1S/C36H31N3O6S3/c1-2-45-31-13-12-26(19-24(31)20-37)48(43,44)39-15-14-22-10-11-23(18-25(22)21-39)33(35(41)42)38-34(40)28-7-5-9-30-32(28)27-6-3-4-8-29(27)36(30)46-16-17-47-36/h3-13,18-19,33H,2,14-17,21H2,1H3,(H,38,40)(H,41,42). The van der Waals surface area contributed by atoms with Gasteiger partial charge in [0.2, 0.25) is 10.0 Å². The van der Waals surface area contributed by atoms with Crippen molar-refractivity contribution >= 4 is 45.4 Å². The second kappa shape index (κ2) is 12.6. The number of carbonyl (C=O) groups is 2. The minimum atomic E-state index is -3.98. The highest BCUT2D eigenvalue weighted by Gasteiger charge is 2.48. The third-order valence-corrected chi connectivity index (χ3v) is 14.3. The maximum atomic E-state index is 13.9. The third kappa shape index (κ3) is 5.35. The molecule has 7 rings (SSSR count). The summed E-state index contributed by atoms with van der Waals surface area (Å²) in [5.41, 5.74) is 6.47. The van der Waals surface area contributed by atoms with Crippen molar-refractivity contribution in [3.63, 3.8) is 0 Å². The van der Waals surface area contributed by atoms with Crippen LogP contribution in [-0.4, -0.2) is 54.4 Å². The summed E-state index contributed by atoms with van der Waals surface area (Å²) in [5, 5.41) is 22.6. The number of aliphatic carboxylic acids is 1. The van der Waals surface area contributed by atoms with E-state index in [1.165, 1.54) is 22.5 Å². The fraction of sp³-hybridized carbons (Fsp3) is 0.250. The van der Waals surface area contributed by atoms with Gasteiger partial charge >= 0.3 is 5.97 Å². The highest BCUT2D eigenvalue weighted by molar-refractivity contribution is 8.21. The van der Waals surface area contributed by atoms with Crippen LogP contribution in [0.25, 0.3) is 11.1 Å². The quantitative estimate of drug-likeness (QED) is 0.230. The van der Waals surface area contributed by atoms with Gasteiger partial charge in [-0.25, -0.2) is 13.2 Å². The van der Waals surface area contributed by atoms with Crippen molar-refractivity contribution in [3.8, 4) is 22.9 Å². The lowest BCUT2D eigenvalue weighted by Gasteiger charge is -2.29. The lowest BCUT2D eigenvalue weighted by molar-refractivity contribution is -0.139. The summed E-state index contributed by atoms with van der Waals surface area (Å²) in [6.07, 6.45) is 0.425. The molecule has 2 aliphatic heterocycles. The summed E-state index contributed by atoms with van der Waals surface area (Å²) in [4.78, 5) is 26.6. The minimum absolute atomic E-state index is 0.0152. The van der Waals surface area contributed by atoms with Gasteiger partial charge < -0.3 is 15.2 Å². The van der Waals surface area contributed by atoms with Gasteiger partial charge in [0, 0.05) is 35.7 Å². The number of rotatable bonds is 8. The first-order chi connectivity index (χ1) is 23.2. The lowest BCUT2D eigenvalue weighted by atomic mass is 9.95. The maximum absolute atomic E-state index is 13.9. The predicted octanol–water partition coefficient (Wildman–Crippen LogP) is 5.92. The molecule has 2 N–H and O–H groups in total. The first-order valence-corrected chi connectivity index (χ1v) is 18.9. The third-order valence-electron chi connectivity index (χ3n) is 8.98. The Morgan fingerprint density at radius 3 is 2.54 bits per heavy atom. The number of sulfonamides is 1. The van der Waals surface area contributed by atoms with Crippen LogP contribution in [0.15, 0.2) is 83.8 Å². The Morgan fingerprint density at radius 2 is 1.79 bits per heavy atom. The van der Waals surface area contributed by atoms with E-state index in [1.807, 2.05) is 53.9 Å². The van der Waals surface area contributed by atoms with Gasteiger partial charge in [0.1, 0.15) is 15.9 Å². The molecule has 48 heavy (non-hydrogen) atoms. The van der Waals surface area contributed by atoms with Gasteiger partial charge in [-0.15, -0.1) is 23.5 Å². The molecule has 2 heterocycles. The minimum Gasteiger partial charge on any atom is -0.492 e.